The molecule has 0 atom stereocenters. The Balaban J connectivity index is 2.11. The van der Waals surface area contributed by atoms with E-state index in [1.807, 2.05) is 66.7 Å². The maximum atomic E-state index is 12.2. The minimum Gasteiger partial charge on any atom is -0.460 e. The Bertz CT molecular complexity index is 758. The minimum absolute atomic E-state index is 0.243. The molecule has 0 saturated carbocycles. The second-order valence-electron chi connectivity index (χ2n) is 4.81. The van der Waals surface area contributed by atoms with Gasteiger partial charge in [0.1, 0.15) is 5.76 Å². The molecule has 1 heterocycles. The monoisotopic (exact) mass is 292 g/mol. The molecule has 1 aromatic heterocycles. The lowest BCUT2D eigenvalue weighted by Crippen LogP contribution is -2.04. The van der Waals surface area contributed by atoms with E-state index in [0.29, 0.717) is 12.4 Å². The third-order valence-corrected chi connectivity index (χ3v) is 3.34. The summed E-state index contributed by atoms with van der Waals surface area (Å²) in [4.78, 5) is 12.2. The van der Waals surface area contributed by atoms with Gasteiger partial charge < -0.3 is 9.15 Å². The van der Waals surface area contributed by atoms with Gasteiger partial charge in [0.2, 0.25) is 5.76 Å². The van der Waals surface area contributed by atoms with Crippen molar-refractivity contribution in [3.05, 3.63) is 72.5 Å². The van der Waals surface area contributed by atoms with Crippen molar-refractivity contribution in [2.45, 2.75) is 6.92 Å². The first-order valence-electron chi connectivity index (χ1n) is 7.21. The molecule has 0 radical (unpaired) electrons. The van der Waals surface area contributed by atoms with Crippen LogP contribution < -0.4 is 0 Å². The number of hydrogen-bond donors (Lipinski definition) is 0. The van der Waals surface area contributed by atoms with E-state index in [1.165, 1.54) is 0 Å². The highest BCUT2D eigenvalue weighted by molar-refractivity contribution is 5.95. The molecule has 110 valence electrons. The number of furan rings is 1. The molecular formula is C19H16O3. The molecule has 0 spiro atoms. The Morgan fingerprint density at radius 3 is 2.14 bits per heavy atom. The topological polar surface area (TPSA) is 39.4 Å². The van der Waals surface area contributed by atoms with Crippen molar-refractivity contribution in [3.8, 4) is 22.5 Å². The lowest BCUT2D eigenvalue weighted by atomic mass is 10.0. The van der Waals surface area contributed by atoms with Crippen LogP contribution in [0.25, 0.3) is 22.5 Å². The number of hydrogen-bond acceptors (Lipinski definition) is 3. The van der Waals surface area contributed by atoms with Gasteiger partial charge in [0.25, 0.3) is 0 Å². The summed E-state index contributed by atoms with van der Waals surface area (Å²) >= 11 is 0. The summed E-state index contributed by atoms with van der Waals surface area (Å²) in [7, 11) is 0. The summed E-state index contributed by atoms with van der Waals surface area (Å²) in [6, 6.07) is 21.3. The fourth-order valence-corrected chi connectivity index (χ4v) is 2.32. The highest BCUT2D eigenvalue weighted by Crippen LogP contribution is 2.33. The number of carbonyl (C=O) groups excluding carboxylic acids is 1. The lowest BCUT2D eigenvalue weighted by Gasteiger charge is -2.02. The van der Waals surface area contributed by atoms with E-state index in [1.54, 1.807) is 6.92 Å². The van der Waals surface area contributed by atoms with Crippen LogP contribution in [0.5, 0.6) is 0 Å². The van der Waals surface area contributed by atoms with Crippen molar-refractivity contribution in [1.82, 2.24) is 0 Å². The zero-order chi connectivity index (χ0) is 15.4. The maximum absolute atomic E-state index is 12.2. The van der Waals surface area contributed by atoms with Crippen LogP contribution in [0.4, 0.5) is 0 Å². The van der Waals surface area contributed by atoms with Gasteiger partial charge in [-0.2, -0.15) is 0 Å². The summed E-state index contributed by atoms with van der Waals surface area (Å²) in [5.41, 5.74) is 2.60. The molecule has 3 nitrogen and oxygen atoms in total. The number of esters is 1. The number of carbonyl (C=O) groups is 1. The van der Waals surface area contributed by atoms with Gasteiger partial charge in [-0.05, 0) is 18.6 Å². The molecule has 0 N–H and O–H groups in total. The third kappa shape index (κ3) is 2.79. The summed E-state index contributed by atoms with van der Waals surface area (Å²) in [6.07, 6.45) is 0. The molecule has 3 rings (SSSR count). The predicted molar refractivity (Wildman–Crippen MR) is 85.5 cm³/mol. The van der Waals surface area contributed by atoms with Crippen molar-refractivity contribution >= 4 is 5.97 Å². The average Bonchev–Trinajstić information content (AvgIpc) is 3.02. The van der Waals surface area contributed by atoms with Gasteiger partial charge in [-0.3, -0.25) is 0 Å². The molecule has 3 aromatic rings. The van der Waals surface area contributed by atoms with Gasteiger partial charge in [-0.15, -0.1) is 0 Å². The number of benzene rings is 2. The van der Waals surface area contributed by atoms with Crippen LogP contribution in [0.3, 0.4) is 0 Å². The van der Waals surface area contributed by atoms with Crippen LogP contribution in [-0.2, 0) is 4.74 Å². The van der Waals surface area contributed by atoms with Crippen LogP contribution in [0.2, 0.25) is 0 Å². The van der Waals surface area contributed by atoms with E-state index >= 15 is 0 Å². The molecule has 0 aliphatic rings. The van der Waals surface area contributed by atoms with Crippen molar-refractivity contribution in [2.24, 2.45) is 0 Å². The van der Waals surface area contributed by atoms with Gasteiger partial charge in [0.15, 0.2) is 0 Å². The summed E-state index contributed by atoms with van der Waals surface area (Å²) < 4.78 is 10.9. The Morgan fingerprint density at radius 2 is 1.55 bits per heavy atom. The van der Waals surface area contributed by atoms with Crippen molar-refractivity contribution in [3.63, 3.8) is 0 Å². The van der Waals surface area contributed by atoms with Crippen LogP contribution in [0.15, 0.2) is 71.1 Å². The molecule has 2 aromatic carbocycles. The number of ether oxygens (including phenoxy) is 1. The third-order valence-electron chi connectivity index (χ3n) is 3.34. The average molecular weight is 292 g/mol. The minimum atomic E-state index is -0.441. The molecule has 0 amide bonds. The highest BCUT2D eigenvalue weighted by atomic mass is 16.5. The Kier molecular flexibility index (Phi) is 4.05. The summed E-state index contributed by atoms with van der Waals surface area (Å²) in [6.45, 7) is 2.09. The van der Waals surface area contributed by atoms with Crippen molar-refractivity contribution in [1.29, 1.82) is 0 Å². The van der Waals surface area contributed by atoms with E-state index in [2.05, 4.69) is 0 Å². The zero-order valence-corrected chi connectivity index (χ0v) is 12.3. The quantitative estimate of drug-likeness (QED) is 0.649. The lowest BCUT2D eigenvalue weighted by molar-refractivity contribution is 0.0492. The van der Waals surface area contributed by atoms with Crippen LogP contribution in [0.1, 0.15) is 17.5 Å². The molecule has 0 aliphatic heterocycles. The standard InChI is InChI=1S/C19H16O3/c1-2-21-19(20)18-16(14-9-5-3-6-10-14)13-17(22-18)15-11-7-4-8-12-15/h3-13H,2H2,1H3. The molecule has 0 bridgehead atoms. The predicted octanol–water partition coefficient (Wildman–Crippen LogP) is 4.79. The van der Waals surface area contributed by atoms with Gasteiger partial charge in [-0.25, -0.2) is 4.79 Å². The second-order valence-corrected chi connectivity index (χ2v) is 4.81. The van der Waals surface area contributed by atoms with Gasteiger partial charge in [0, 0.05) is 11.1 Å². The van der Waals surface area contributed by atoms with E-state index in [4.69, 9.17) is 9.15 Å². The number of rotatable bonds is 4. The van der Waals surface area contributed by atoms with Crippen LogP contribution >= 0.6 is 0 Å². The summed E-state index contributed by atoms with van der Waals surface area (Å²) in [5.74, 6) is 0.456. The van der Waals surface area contributed by atoms with E-state index in [9.17, 15) is 4.79 Å². The van der Waals surface area contributed by atoms with Gasteiger partial charge >= 0.3 is 5.97 Å². The second kappa shape index (κ2) is 6.31. The zero-order valence-electron chi connectivity index (χ0n) is 12.3. The van der Waals surface area contributed by atoms with Crippen LogP contribution in [-0.4, -0.2) is 12.6 Å². The smallest absolute Gasteiger partial charge is 0.374 e. The van der Waals surface area contributed by atoms with E-state index in [0.717, 1.165) is 16.7 Å². The Morgan fingerprint density at radius 1 is 0.955 bits per heavy atom. The van der Waals surface area contributed by atoms with E-state index < -0.39 is 5.97 Å². The first-order chi connectivity index (χ1) is 10.8. The van der Waals surface area contributed by atoms with Crippen molar-refractivity contribution < 1.29 is 13.9 Å². The largest absolute Gasteiger partial charge is 0.460 e. The normalized spacial score (nSPS) is 10.4. The molecule has 0 fully saturated rings. The van der Waals surface area contributed by atoms with E-state index in [-0.39, 0.29) is 5.76 Å². The molecule has 0 unspecified atom stereocenters. The first-order valence-corrected chi connectivity index (χ1v) is 7.21. The highest BCUT2D eigenvalue weighted by Gasteiger charge is 2.21. The van der Waals surface area contributed by atoms with Crippen molar-refractivity contribution in [2.75, 3.05) is 6.61 Å². The molecule has 22 heavy (non-hydrogen) atoms. The fourth-order valence-electron chi connectivity index (χ4n) is 2.32. The van der Waals surface area contributed by atoms with Crippen LogP contribution in [0, 0.1) is 0 Å². The summed E-state index contributed by atoms with van der Waals surface area (Å²) in [5, 5.41) is 0. The Labute approximate surface area is 129 Å². The molecular weight excluding hydrogens is 276 g/mol. The Hall–Kier alpha value is -2.81. The van der Waals surface area contributed by atoms with Gasteiger partial charge in [-0.1, -0.05) is 60.7 Å². The van der Waals surface area contributed by atoms with Gasteiger partial charge in [0.05, 0.1) is 6.61 Å². The SMILES string of the molecule is CCOC(=O)c1oc(-c2ccccc2)cc1-c1ccccc1. The molecule has 0 saturated heterocycles. The maximum Gasteiger partial charge on any atom is 0.374 e. The first kappa shape index (κ1) is 14.1. The fraction of sp³-hybridized carbons (Fsp3) is 0.105. The molecule has 0 aliphatic carbocycles. The molecule has 3 heteroatoms.